The Bertz CT molecular complexity index is 948. The predicted molar refractivity (Wildman–Crippen MR) is 124 cm³/mol. The summed E-state index contributed by atoms with van der Waals surface area (Å²) in [6, 6.07) is 12.6. The number of carbonyl (C=O) groups is 1. The smallest absolute Gasteiger partial charge is 0.325 e. The monoisotopic (exact) mass is 460 g/mol. The number of rotatable bonds is 11. The fourth-order valence-corrected chi connectivity index (χ4v) is 3.54. The van der Waals surface area contributed by atoms with Gasteiger partial charge >= 0.3 is 6.18 Å². The van der Waals surface area contributed by atoms with Crippen molar-refractivity contribution in [3.8, 4) is 6.07 Å². The Labute approximate surface area is 193 Å². The molecule has 5 nitrogen and oxygen atoms in total. The van der Waals surface area contributed by atoms with Crippen molar-refractivity contribution >= 4 is 11.6 Å². The van der Waals surface area contributed by atoms with Crippen molar-refractivity contribution in [2.45, 2.75) is 39.9 Å². The first kappa shape index (κ1) is 26.4. The summed E-state index contributed by atoms with van der Waals surface area (Å²) in [4.78, 5) is 17.0. The van der Waals surface area contributed by atoms with Crippen LogP contribution in [0.4, 0.5) is 18.9 Å². The van der Waals surface area contributed by atoms with Gasteiger partial charge in [0.1, 0.15) is 0 Å². The lowest BCUT2D eigenvalue weighted by atomic mass is 10.1. The second kappa shape index (κ2) is 12.4. The number of alkyl halides is 3. The van der Waals surface area contributed by atoms with E-state index in [9.17, 15) is 18.0 Å². The number of nitrogens with one attached hydrogen (secondary N) is 1. The first-order valence-electron chi connectivity index (χ1n) is 11.1. The topological polar surface area (TPSA) is 59.4 Å². The van der Waals surface area contributed by atoms with Gasteiger partial charge in [-0.2, -0.15) is 18.4 Å². The van der Waals surface area contributed by atoms with Gasteiger partial charge in [0.15, 0.2) is 0 Å². The lowest BCUT2D eigenvalue weighted by Crippen LogP contribution is -2.35. The molecule has 2 rings (SSSR count). The minimum Gasteiger partial charge on any atom is -0.325 e. The van der Waals surface area contributed by atoms with Gasteiger partial charge in [-0.15, -0.1) is 0 Å². The summed E-state index contributed by atoms with van der Waals surface area (Å²) in [5, 5.41) is 11.6. The lowest BCUT2D eigenvalue weighted by Gasteiger charge is -2.24. The zero-order valence-corrected chi connectivity index (χ0v) is 19.4. The molecule has 0 heterocycles. The molecule has 0 aliphatic carbocycles. The van der Waals surface area contributed by atoms with E-state index in [0.717, 1.165) is 43.8 Å². The minimum absolute atomic E-state index is 0.0495. The number of carbonyl (C=O) groups excluding carboxylic acids is 1. The first-order valence-corrected chi connectivity index (χ1v) is 11.1. The Morgan fingerprint density at radius 2 is 1.67 bits per heavy atom. The fourth-order valence-electron chi connectivity index (χ4n) is 3.54. The number of hydrogen-bond acceptors (Lipinski definition) is 4. The highest BCUT2D eigenvalue weighted by Crippen LogP contribution is 2.32. The molecule has 0 atom stereocenters. The predicted octanol–water partition coefficient (Wildman–Crippen LogP) is 5.06. The van der Waals surface area contributed by atoms with Gasteiger partial charge < -0.3 is 10.2 Å². The van der Waals surface area contributed by atoms with Gasteiger partial charge in [-0.3, -0.25) is 9.69 Å². The number of hydrogen-bond donors (Lipinski definition) is 1. The normalized spacial score (nSPS) is 11.6. The van der Waals surface area contributed by atoms with Crippen LogP contribution >= 0.6 is 0 Å². The number of nitriles is 1. The summed E-state index contributed by atoms with van der Waals surface area (Å²) in [6.07, 6.45) is -3.62. The van der Waals surface area contributed by atoms with Gasteiger partial charge in [-0.05, 0) is 68.4 Å². The highest BCUT2D eigenvalue weighted by Gasteiger charge is 2.31. The molecule has 2 aromatic rings. The van der Waals surface area contributed by atoms with Crippen molar-refractivity contribution < 1.29 is 18.0 Å². The second-order valence-electron chi connectivity index (χ2n) is 7.98. The van der Waals surface area contributed by atoms with E-state index in [4.69, 9.17) is 5.26 Å². The molecular weight excluding hydrogens is 429 g/mol. The number of halogens is 3. The summed E-state index contributed by atoms with van der Waals surface area (Å²) in [5.41, 5.74) is 1.45. The minimum atomic E-state index is -4.47. The molecule has 8 heteroatoms. The molecule has 0 saturated carbocycles. The van der Waals surface area contributed by atoms with Crippen molar-refractivity contribution in [1.82, 2.24) is 9.80 Å². The highest BCUT2D eigenvalue weighted by molar-refractivity contribution is 5.93. The lowest BCUT2D eigenvalue weighted by molar-refractivity contribution is -0.137. The van der Waals surface area contributed by atoms with Crippen molar-refractivity contribution in [1.29, 1.82) is 5.26 Å². The zero-order valence-electron chi connectivity index (χ0n) is 19.4. The van der Waals surface area contributed by atoms with E-state index in [1.54, 1.807) is 19.1 Å². The SMILES string of the molecule is CCN(CC)CCCN(CC(=O)Nc1cc(C(F)(F)F)ccc1C)Cc1ccc(C#N)cc1. The first-order chi connectivity index (χ1) is 15.7. The Morgan fingerprint density at radius 3 is 2.24 bits per heavy atom. The maximum absolute atomic E-state index is 13.1. The zero-order chi connectivity index (χ0) is 24.4. The molecule has 0 spiro atoms. The largest absolute Gasteiger partial charge is 0.416 e. The van der Waals surface area contributed by atoms with Crippen molar-refractivity contribution in [2.24, 2.45) is 0 Å². The quantitative estimate of drug-likeness (QED) is 0.509. The van der Waals surface area contributed by atoms with Crippen LogP contribution in [0, 0.1) is 18.3 Å². The maximum Gasteiger partial charge on any atom is 0.416 e. The number of nitrogens with zero attached hydrogens (tertiary/aromatic N) is 3. The molecule has 0 bridgehead atoms. The molecule has 0 saturated heterocycles. The Kier molecular flexibility index (Phi) is 9.89. The molecular formula is C25H31F3N4O. The van der Waals surface area contributed by atoms with Gasteiger partial charge in [-0.1, -0.05) is 32.0 Å². The number of benzene rings is 2. The van der Waals surface area contributed by atoms with Crippen LogP contribution < -0.4 is 5.32 Å². The van der Waals surface area contributed by atoms with Crippen LogP contribution in [0.2, 0.25) is 0 Å². The van der Waals surface area contributed by atoms with E-state index in [-0.39, 0.29) is 18.1 Å². The van der Waals surface area contributed by atoms with E-state index in [1.807, 2.05) is 17.0 Å². The van der Waals surface area contributed by atoms with E-state index >= 15 is 0 Å². The molecule has 1 amide bonds. The highest BCUT2D eigenvalue weighted by atomic mass is 19.4. The average Bonchev–Trinajstić information content (AvgIpc) is 2.77. The average molecular weight is 461 g/mol. The summed E-state index contributed by atoms with van der Waals surface area (Å²) < 4.78 is 39.2. The van der Waals surface area contributed by atoms with Gasteiger partial charge in [0.05, 0.1) is 23.7 Å². The molecule has 178 valence electrons. The summed E-state index contributed by atoms with van der Waals surface area (Å²) in [7, 11) is 0. The molecule has 0 aliphatic rings. The molecule has 0 unspecified atom stereocenters. The van der Waals surface area contributed by atoms with E-state index < -0.39 is 11.7 Å². The Morgan fingerprint density at radius 1 is 1.03 bits per heavy atom. The van der Waals surface area contributed by atoms with E-state index in [2.05, 4.69) is 30.1 Å². The van der Waals surface area contributed by atoms with Crippen LogP contribution in [-0.4, -0.2) is 48.4 Å². The van der Waals surface area contributed by atoms with E-state index in [1.165, 1.54) is 6.07 Å². The third kappa shape index (κ3) is 8.52. The third-order valence-electron chi connectivity index (χ3n) is 5.54. The van der Waals surface area contributed by atoms with Crippen LogP contribution in [0.1, 0.15) is 42.5 Å². The molecule has 2 aromatic carbocycles. The number of amides is 1. The van der Waals surface area contributed by atoms with Crippen LogP contribution in [0.5, 0.6) is 0 Å². The molecule has 0 aliphatic heterocycles. The fraction of sp³-hybridized carbons (Fsp3) is 0.440. The van der Waals surface area contributed by atoms with Gasteiger partial charge in [-0.25, -0.2) is 0 Å². The maximum atomic E-state index is 13.1. The van der Waals surface area contributed by atoms with E-state index in [0.29, 0.717) is 24.2 Å². The summed E-state index contributed by atoms with van der Waals surface area (Å²) >= 11 is 0. The second-order valence-corrected chi connectivity index (χ2v) is 7.98. The van der Waals surface area contributed by atoms with Crippen molar-refractivity contribution in [3.63, 3.8) is 0 Å². The Balaban J connectivity index is 2.10. The standard InChI is InChI=1S/C25H31F3N4O/c1-4-31(5-2)13-6-14-32(17-21-10-8-20(16-29)9-11-21)18-24(33)30-23-15-22(25(26,27)28)12-7-19(23)3/h7-12,15H,4-6,13-14,17-18H2,1-3H3,(H,30,33). The number of anilines is 1. The molecule has 1 N–H and O–H groups in total. The molecule has 0 aromatic heterocycles. The third-order valence-corrected chi connectivity index (χ3v) is 5.54. The molecule has 0 radical (unpaired) electrons. The van der Waals surface area contributed by atoms with Gasteiger partial charge in [0.2, 0.25) is 5.91 Å². The number of aryl methyl sites for hydroxylation is 1. The summed E-state index contributed by atoms with van der Waals surface area (Å²) in [5.74, 6) is -0.367. The summed E-state index contributed by atoms with van der Waals surface area (Å²) in [6.45, 7) is 9.85. The molecule has 0 fully saturated rings. The van der Waals surface area contributed by atoms with Crippen LogP contribution in [0.25, 0.3) is 0 Å². The molecule has 33 heavy (non-hydrogen) atoms. The van der Waals surface area contributed by atoms with Gasteiger partial charge in [0.25, 0.3) is 0 Å². The van der Waals surface area contributed by atoms with Crippen LogP contribution in [-0.2, 0) is 17.5 Å². The van der Waals surface area contributed by atoms with Crippen LogP contribution in [0.3, 0.4) is 0 Å². The van der Waals surface area contributed by atoms with Crippen molar-refractivity contribution in [2.75, 3.05) is 38.0 Å². The van der Waals surface area contributed by atoms with Crippen LogP contribution in [0.15, 0.2) is 42.5 Å². The van der Waals surface area contributed by atoms with Gasteiger partial charge in [0, 0.05) is 18.8 Å². The van der Waals surface area contributed by atoms with Crippen molar-refractivity contribution in [3.05, 3.63) is 64.7 Å². The Hall–Kier alpha value is -2.89.